The molecule has 0 bridgehead atoms. The van der Waals surface area contributed by atoms with Gasteiger partial charge in [-0.15, -0.1) is 0 Å². The zero-order valence-electron chi connectivity index (χ0n) is 26.7. The molecule has 6 heteroatoms. The molecule has 0 aliphatic carbocycles. The molecule has 0 radical (unpaired) electrons. The van der Waals surface area contributed by atoms with Crippen molar-refractivity contribution < 1.29 is 24.0 Å². The Morgan fingerprint density at radius 1 is 1.10 bits per heavy atom. The highest BCUT2D eigenvalue weighted by molar-refractivity contribution is 7.91. The molecule has 3 heterocycles. The highest BCUT2D eigenvalue weighted by Crippen LogP contribution is 2.45. The number of fused-ring (bicyclic) bond motifs is 1. The van der Waals surface area contributed by atoms with E-state index < -0.39 is 16.2 Å². The molecule has 0 aromatic heterocycles. The molecule has 1 aromatic rings. The van der Waals surface area contributed by atoms with Crippen molar-refractivity contribution in [3.8, 4) is 0 Å². The molecule has 0 spiro atoms. The van der Waals surface area contributed by atoms with Crippen LogP contribution >= 0.6 is 0 Å². The topological polar surface area (TPSA) is 61.8 Å². The third-order valence-electron chi connectivity index (χ3n) is 10.2. The highest BCUT2D eigenvalue weighted by Gasteiger charge is 2.51. The maximum atomic E-state index is 13.4. The normalized spacial score (nSPS) is 37.0. The van der Waals surface area contributed by atoms with E-state index in [9.17, 15) is 8.42 Å². The van der Waals surface area contributed by atoms with Crippen LogP contribution in [0.1, 0.15) is 101 Å². The number of hydrogen-bond donors (Lipinski definition) is 0. The van der Waals surface area contributed by atoms with Crippen LogP contribution < -0.4 is 0 Å². The van der Waals surface area contributed by atoms with Gasteiger partial charge in [-0.1, -0.05) is 71.4 Å². The van der Waals surface area contributed by atoms with Crippen LogP contribution in [0, 0.1) is 23.7 Å². The van der Waals surface area contributed by atoms with Gasteiger partial charge >= 0.3 is 0 Å². The number of allylic oxidation sites excluding steroid dienone is 1. The molecule has 0 saturated carbocycles. The van der Waals surface area contributed by atoms with Gasteiger partial charge in [-0.3, -0.25) is 0 Å². The van der Waals surface area contributed by atoms with E-state index in [0.29, 0.717) is 17.2 Å². The fourth-order valence-electron chi connectivity index (χ4n) is 7.25. The number of ether oxygens (including phenoxy) is 3. The summed E-state index contributed by atoms with van der Waals surface area (Å²) in [7, 11) is -3.47. The van der Waals surface area contributed by atoms with E-state index in [2.05, 4.69) is 48.1 Å². The molecule has 1 aromatic carbocycles. The van der Waals surface area contributed by atoms with Gasteiger partial charge in [0, 0.05) is 13.7 Å². The first-order valence-electron chi connectivity index (χ1n) is 16.3. The van der Waals surface area contributed by atoms with E-state index in [0.717, 1.165) is 50.5 Å². The Labute approximate surface area is 245 Å². The van der Waals surface area contributed by atoms with Crippen LogP contribution in [0.5, 0.6) is 0 Å². The van der Waals surface area contributed by atoms with E-state index >= 15 is 0 Å². The van der Waals surface area contributed by atoms with Gasteiger partial charge in [0.2, 0.25) is 0 Å². The Morgan fingerprint density at radius 3 is 2.50 bits per heavy atom. The number of hydrogen-bond acceptors (Lipinski definition) is 5. The zero-order valence-corrected chi connectivity index (χ0v) is 26.5. The Hall–Kier alpha value is -1.21. The third kappa shape index (κ3) is 7.22. The van der Waals surface area contributed by atoms with E-state index in [-0.39, 0.29) is 59.6 Å². The molecule has 4 rings (SSSR count). The minimum Gasteiger partial charge on any atom is -0.374 e. The summed E-state index contributed by atoms with van der Waals surface area (Å²) in [6.07, 6.45) is 6.98. The van der Waals surface area contributed by atoms with E-state index in [1.54, 1.807) is 24.3 Å². The van der Waals surface area contributed by atoms with Gasteiger partial charge in [0.1, 0.15) is 0 Å². The summed E-state index contributed by atoms with van der Waals surface area (Å²) >= 11 is 0. The van der Waals surface area contributed by atoms with Crippen LogP contribution in [-0.2, 0) is 24.0 Å². The summed E-state index contributed by atoms with van der Waals surface area (Å²) in [6.45, 7) is 17.4. The van der Waals surface area contributed by atoms with Gasteiger partial charge < -0.3 is 14.2 Å². The fraction of sp³-hybridized carbons (Fsp3) is 0.765. The molecule has 3 aliphatic heterocycles. The van der Waals surface area contributed by atoms with E-state index in [1.807, 2.05) is 6.07 Å². The Bertz CT molecular complexity index is 1110. The van der Waals surface area contributed by atoms with E-state index in [4.69, 9.17) is 15.6 Å². The molecule has 226 valence electrons. The second kappa shape index (κ2) is 13.4. The number of sulfone groups is 1. The second-order valence-electron chi connectivity index (χ2n) is 13.1. The predicted octanol–water partition coefficient (Wildman–Crippen LogP) is 7.78. The molecule has 40 heavy (non-hydrogen) atoms. The average molecular weight is 577 g/mol. The molecule has 3 fully saturated rings. The number of benzene rings is 1. The molecule has 11 atom stereocenters. The van der Waals surface area contributed by atoms with Gasteiger partial charge in [-0.25, -0.2) is 8.42 Å². The van der Waals surface area contributed by atoms with Crippen LogP contribution in [0.2, 0.25) is 0 Å². The van der Waals surface area contributed by atoms with Crippen molar-refractivity contribution >= 4 is 9.84 Å². The first-order valence-corrected chi connectivity index (χ1v) is 17.4. The summed E-state index contributed by atoms with van der Waals surface area (Å²) in [5.41, 5.74) is 0.711. The van der Waals surface area contributed by atoms with Gasteiger partial charge in [0.15, 0.2) is 9.84 Å². The average Bonchev–Trinajstić information content (AvgIpc) is 3.43. The van der Waals surface area contributed by atoms with Crippen LogP contribution in [-0.4, -0.2) is 50.3 Å². The van der Waals surface area contributed by atoms with Crippen molar-refractivity contribution in [2.45, 2.75) is 140 Å². The lowest BCUT2D eigenvalue weighted by Crippen LogP contribution is -2.48. The van der Waals surface area contributed by atoms with Gasteiger partial charge in [0.05, 0.1) is 46.8 Å². The Balaban J connectivity index is 1.42. The van der Waals surface area contributed by atoms with Crippen LogP contribution in [0.15, 0.2) is 47.4 Å². The smallest absolute Gasteiger partial charge is 0.178 e. The molecule has 5 nitrogen and oxygen atoms in total. The van der Waals surface area contributed by atoms with Crippen molar-refractivity contribution in [2.75, 3.05) is 5.75 Å². The molecule has 0 N–H and O–H groups in total. The predicted molar refractivity (Wildman–Crippen MR) is 162 cm³/mol. The van der Waals surface area contributed by atoms with Crippen LogP contribution in [0.4, 0.5) is 0 Å². The van der Waals surface area contributed by atoms with Crippen molar-refractivity contribution in [3.05, 3.63) is 42.5 Å². The van der Waals surface area contributed by atoms with Gasteiger partial charge in [0.25, 0.3) is 0 Å². The monoisotopic (exact) mass is 576 g/mol. The fourth-order valence-corrected chi connectivity index (χ4v) is 9.04. The second-order valence-corrected chi connectivity index (χ2v) is 15.1. The SMILES string of the molecule is [3H]C(CC1O[C@H](CC(C)CC)[C@H](C)[C@H]1CS(=O)(=O)c1ccccc1)C(=C)[C@H](C)CC1CC[C@@H]2O[C@@H](C)C[C@]2(CC)O1. The summed E-state index contributed by atoms with van der Waals surface area (Å²) in [4.78, 5) is 0.360. The van der Waals surface area contributed by atoms with Crippen molar-refractivity contribution in [2.24, 2.45) is 23.7 Å². The van der Waals surface area contributed by atoms with Gasteiger partial charge in [-0.2, -0.15) is 0 Å². The van der Waals surface area contributed by atoms with Crippen molar-refractivity contribution in [1.82, 2.24) is 0 Å². The highest BCUT2D eigenvalue weighted by atomic mass is 32.2. The minimum absolute atomic E-state index is 0.00801. The summed E-state index contributed by atoms with van der Waals surface area (Å²) in [5, 5.41) is 0. The van der Waals surface area contributed by atoms with Crippen molar-refractivity contribution in [1.29, 1.82) is 0 Å². The van der Waals surface area contributed by atoms with Crippen molar-refractivity contribution in [3.63, 3.8) is 0 Å². The van der Waals surface area contributed by atoms with Crippen LogP contribution in [0.25, 0.3) is 0 Å². The largest absolute Gasteiger partial charge is 0.374 e. The summed E-state index contributed by atoms with van der Waals surface area (Å²) in [6, 6.07) is 8.73. The van der Waals surface area contributed by atoms with Crippen LogP contribution in [0.3, 0.4) is 0 Å². The Kier molecular flexibility index (Phi) is 10.1. The lowest BCUT2D eigenvalue weighted by atomic mass is 9.81. The number of rotatable bonds is 13. The molecule has 4 unspecified atom stereocenters. The first kappa shape index (κ1) is 30.3. The standard InChI is InChI=1S/C34H54O5S/c1-8-23(3)19-32-27(7)30(22-40(35,36)29-13-11-10-12-14-29)31(38-32)17-15-24(4)25(5)20-28-16-18-33-34(9-2,39-28)21-26(6)37-33/h10-14,23,25-28,30-33H,4,8-9,15-22H2,1-3,5-7H3/t23?,25-,26+,27-,28?,30-,31?,32-,33+,34+/m1/s1/i15T/t15?,23?,25-,26+,27-,28?,30-,31?,32-,33+,34+. The maximum absolute atomic E-state index is 13.4. The first-order chi connectivity index (χ1) is 19.4. The quantitative estimate of drug-likeness (QED) is 0.224. The van der Waals surface area contributed by atoms with E-state index in [1.165, 1.54) is 0 Å². The lowest BCUT2D eigenvalue weighted by molar-refractivity contribution is -0.170. The summed E-state index contributed by atoms with van der Waals surface area (Å²) in [5.74, 6) is 0.636. The molecular weight excluding hydrogens is 520 g/mol. The third-order valence-corrected chi connectivity index (χ3v) is 12.0. The molecular formula is C34H54O5S. The minimum atomic E-state index is -3.47. The zero-order chi connectivity index (χ0) is 29.9. The lowest BCUT2D eigenvalue weighted by Gasteiger charge is -2.42. The summed E-state index contributed by atoms with van der Waals surface area (Å²) < 4.78 is 55.5. The maximum Gasteiger partial charge on any atom is 0.178 e. The molecule has 3 saturated heterocycles. The Morgan fingerprint density at radius 2 is 1.82 bits per heavy atom. The molecule has 0 amide bonds. The molecule has 3 aliphatic rings. The van der Waals surface area contributed by atoms with Gasteiger partial charge in [-0.05, 0) is 81.7 Å².